The molecule has 166 valence electrons. The number of carbonyl (C=O) groups is 1. The van der Waals surface area contributed by atoms with Gasteiger partial charge in [0.2, 0.25) is 0 Å². The number of benzene rings is 3. The van der Waals surface area contributed by atoms with Gasteiger partial charge in [0.1, 0.15) is 0 Å². The Morgan fingerprint density at radius 2 is 1.56 bits per heavy atom. The molecule has 7 heteroatoms. The largest absolute Gasteiger partial charge is 0.494 e. The predicted molar refractivity (Wildman–Crippen MR) is 131 cm³/mol. The summed E-state index contributed by atoms with van der Waals surface area (Å²) >= 11 is 12.3. The first-order valence-electron chi connectivity index (χ1n) is 10.5. The Hall–Kier alpha value is -2.73. The van der Waals surface area contributed by atoms with Crippen LogP contribution in [0.4, 0.5) is 11.4 Å². The molecule has 0 bridgehead atoms. The number of ether oxygens (including phenoxy) is 1. The van der Waals surface area contributed by atoms with Gasteiger partial charge in [0.05, 0.1) is 17.2 Å². The fraction of sp³-hybridized carbons (Fsp3) is 0.240. The molecule has 0 aromatic heterocycles. The summed E-state index contributed by atoms with van der Waals surface area (Å²) in [6, 6.07) is 21.6. The first kappa shape index (κ1) is 22.5. The number of piperazine rings is 1. The Labute approximate surface area is 198 Å². The maximum atomic E-state index is 12.6. The van der Waals surface area contributed by atoms with Crippen LogP contribution in [0.1, 0.15) is 15.9 Å². The number of hydrogen-bond acceptors (Lipinski definition) is 4. The number of amides is 1. The topological polar surface area (TPSA) is 44.8 Å². The summed E-state index contributed by atoms with van der Waals surface area (Å²) in [6.07, 6.45) is 0. The minimum Gasteiger partial charge on any atom is -0.494 e. The van der Waals surface area contributed by atoms with E-state index in [1.54, 1.807) is 12.1 Å². The maximum absolute atomic E-state index is 12.6. The third kappa shape index (κ3) is 5.36. The van der Waals surface area contributed by atoms with Crippen molar-refractivity contribution in [2.24, 2.45) is 0 Å². The van der Waals surface area contributed by atoms with Gasteiger partial charge in [0.25, 0.3) is 5.91 Å². The number of nitrogens with one attached hydrogen (secondary N) is 1. The number of rotatable bonds is 6. The number of methoxy groups -OCH3 is 1. The highest BCUT2D eigenvalue weighted by atomic mass is 35.5. The quantitative estimate of drug-likeness (QED) is 0.511. The van der Waals surface area contributed by atoms with Crippen LogP contribution in [-0.2, 0) is 6.54 Å². The van der Waals surface area contributed by atoms with Crippen molar-refractivity contribution < 1.29 is 9.53 Å². The van der Waals surface area contributed by atoms with Crippen molar-refractivity contribution in [3.63, 3.8) is 0 Å². The molecule has 1 saturated heterocycles. The molecule has 0 unspecified atom stereocenters. The smallest absolute Gasteiger partial charge is 0.255 e. The number of anilines is 2. The van der Waals surface area contributed by atoms with E-state index in [0.717, 1.165) is 38.4 Å². The third-order valence-electron chi connectivity index (χ3n) is 5.58. The van der Waals surface area contributed by atoms with Crippen LogP contribution in [0.25, 0.3) is 0 Å². The predicted octanol–water partition coefficient (Wildman–Crippen LogP) is 5.58. The van der Waals surface area contributed by atoms with E-state index >= 15 is 0 Å². The van der Waals surface area contributed by atoms with Crippen LogP contribution in [-0.4, -0.2) is 44.1 Å². The molecule has 0 radical (unpaired) electrons. The molecule has 1 aliphatic heterocycles. The van der Waals surface area contributed by atoms with Crippen molar-refractivity contribution >= 4 is 40.5 Å². The molecular weight excluding hydrogens is 445 g/mol. The van der Waals surface area contributed by atoms with Crippen molar-refractivity contribution in [2.75, 3.05) is 43.5 Å². The molecule has 1 N–H and O–H groups in total. The molecule has 0 spiro atoms. The summed E-state index contributed by atoms with van der Waals surface area (Å²) in [7, 11) is 1.48. The van der Waals surface area contributed by atoms with Crippen molar-refractivity contribution in [3.8, 4) is 5.75 Å². The molecule has 1 aliphatic rings. The lowest BCUT2D eigenvalue weighted by Gasteiger charge is -2.36. The Morgan fingerprint density at radius 3 is 2.16 bits per heavy atom. The fourth-order valence-corrected chi connectivity index (χ4v) is 4.49. The lowest BCUT2D eigenvalue weighted by atomic mass is 10.1. The van der Waals surface area contributed by atoms with E-state index in [-0.39, 0.29) is 5.91 Å². The first-order valence-corrected chi connectivity index (χ1v) is 11.2. The van der Waals surface area contributed by atoms with Gasteiger partial charge in [-0.1, -0.05) is 53.5 Å². The molecule has 5 nitrogen and oxygen atoms in total. The molecule has 32 heavy (non-hydrogen) atoms. The Morgan fingerprint density at radius 1 is 0.938 bits per heavy atom. The second-order valence-corrected chi connectivity index (χ2v) is 8.54. The maximum Gasteiger partial charge on any atom is 0.255 e. The van der Waals surface area contributed by atoms with E-state index in [1.807, 2.05) is 24.3 Å². The average Bonchev–Trinajstić information content (AvgIpc) is 2.80. The second-order valence-electron chi connectivity index (χ2n) is 7.72. The van der Waals surface area contributed by atoms with Crippen molar-refractivity contribution in [1.82, 2.24) is 4.90 Å². The summed E-state index contributed by atoms with van der Waals surface area (Å²) in [5, 5.41) is 3.49. The third-order valence-corrected chi connectivity index (χ3v) is 6.14. The highest BCUT2D eigenvalue weighted by Gasteiger charge is 2.18. The Kier molecular flexibility index (Phi) is 7.20. The number of halogens is 2. The summed E-state index contributed by atoms with van der Waals surface area (Å²) in [5.41, 5.74) is 3.59. The van der Waals surface area contributed by atoms with Crippen molar-refractivity contribution in [3.05, 3.63) is 87.9 Å². The molecule has 0 saturated carbocycles. The van der Waals surface area contributed by atoms with Gasteiger partial charge in [-0.2, -0.15) is 0 Å². The molecule has 4 rings (SSSR count). The van der Waals surface area contributed by atoms with Crippen LogP contribution in [0, 0.1) is 0 Å². The van der Waals surface area contributed by atoms with Gasteiger partial charge in [-0.3, -0.25) is 9.69 Å². The fourth-order valence-electron chi connectivity index (χ4n) is 3.85. The molecule has 1 amide bonds. The van der Waals surface area contributed by atoms with E-state index in [2.05, 4.69) is 45.4 Å². The van der Waals surface area contributed by atoms with Crippen molar-refractivity contribution in [1.29, 1.82) is 0 Å². The zero-order chi connectivity index (χ0) is 22.5. The normalized spacial score (nSPS) is 14.3. The minimum absolute atomic E-state index is 0.279. The number of carbonyl (C=O) groups excluding carboxylic acids is 1. The monoisotopic (exact) mass is 469 g/mol. The highest BCUT2D eigenvalue weighted by Crippen LogP contribution is 2.34. The van der Waals surface area contributed by atoms with Gasteiger partial charge in [0, 0.05) is 49.7 Å². The Balaban J connectivity index is 1.33. The van der Waals surface area contributed by atoms with Crippen LogP contribution < -0.4 is 15.0 Å². The van der Waals surface area contributed by atoms with Crippen LogP contribution in [0.5, 0.6) is 5.75 Å². The van der Waals surface area contributed by atoms with E-state index < -0.39 is 0 Å². The van der Waals surface area contributed by atoms with Crippen LogP contribution in [0.15, 0.2) is 66.7 Å². The average molecular weight is 470 g/mol. The van der Waals surface area contributed by atoms with Gasteiger partial charge < -0.3 is 15.0 Å². The first-order chi connectivity index (χ1) is 15.5. The zero-order valence-electron chi connectivity index (χ0n) is 17.9. The Bertz CT molecular complexity index is 1040. The van der Waals surface area contributed by atoms with Crippen LogP contribution >= 0.6 is 23.2 Å². The van der Waals surface area contributed by atoms with E-state index in [4.69, 9.17) is 27.9 Å². The lowest BCUT2D eigenvalue weighted by molar-refractivity contribution is 0.102. The summed E-state index contributed by atoms with van der Waals surface area (Å²) < 4.78 is 5.13. The van der Waals surface area contributed by atoms with Gasteiger partial charge in [-0.25, -0.2) is 0 Å². The van der Waals surface area contributed by atoms with Crippen LogP contribution in [0.2, 0.25) is 10.0 Å². The molecule has 1 heterocycles. The highest BCUT2D eigenvalue weighted by molar-refractivity contribution is 6.37. The van der Waals surface area contributed by atoms with E-state index in [9.17, 15) is 4.79 Å². The summed E-state index contributed by atoms with van der Waals surface area (Å²) in [5.74, 6) is 0.0804. The number of nitrogens with zero attached hydrogens (tertiary/aromatic N) is 2. The SMILES string of the molecule is COc1c(Cl)cc(C(=O)Nc2ccc(N3CCN(Cc4ccccc4)CC3)cc2)cc1Cl. The molecule has 3 aromatic rings. The number of hydrogen-bond donors (Lipinski definition) is 1. The second kappa shape index (κ2) is 10.3. The van der Waals surface area contributed by atoms with Crippen LogP contribution in [0.3, 0.4) is 0 Å². The van der Waals surface area contributed by atoms with E-state index in [0.29, 0.717) is 27.0 Å². The van der Waals surface area contributed by atoms with E-state index in [1.165, 1.54) is 12.7 Å². The van der Waals surface area contributed by atoms with Gasteiger partial charge in [-0.05, 0) is 42.0 Å². The van der Waals surface area contributed by atoms with Gasteiger partial charge >= 0.3 is 0 Å². The van der Waals surface area contributed by atoms with Gasteiger partial charge in [-0.15, -0.1) is 0 Å². The zero-order valence-corrected chi connectivity index (χ0v) is 19.4. The lowest BCUT2D eigenvalue weighted by Crippen LogP contribution is -2.45. The summed E-state index contributed by atoms with van der Waals surface area (Å²) in [4.78, 5) is 17.5. The summed E-state index contributed by atoms with van der Waals surface area (Å²) in [6.45, 7) is 4.97. The van der Waals surface area contributed by atoms with Gasteiger partial charge in [0.15, 0.2) is 5.75 Å². The molecule has 3 aromatic carbocycles. The molecule has 0 atom stereocenters. The molecular formula is C25H25Cl2N3O2. The molecule has 0 aliphatic carbocycles. The minimum atomic E-state index is -0.279. The standard InChI is InChI=1S/C25H25Cl2N3O2/c1-32-24-22(26)15-19(16-23(24)27)25(31)28-20-7-9-21(10-8-20)30-13-11-29(12-14-30)17-18-5-3-2-4-6-18/h2-10,15-16H,11-14,17H2,1H3,(H,28,31). The molecule has 1 fully saturated rings. The van der Waals surface area contributed by atoms with Crippen molar-refractivity contribution in [2.45, 2.75) is 6.54 Å².